The van der Waals surface area contributed by atoms with Gasteiger partial charge < -0.3 is 15.4 Å². The van der Waals surface area contributed by atoms with Crippen LogP contribution in [-0.4, -0.2) is 42.1 Å². The van der Waals surface area contributed by atoms with E-state index in [0.29, 0.717) is 12.1 Å². The lowest BCUT2D eigenvalue weighted by atomic mass is 10.1. The van der Waals surface area contributed by atoms with Crippen LogP contribution in [0.3, 0.4) is 0 Å². The van der Waals surface area contributed by atoms with Gasteiger partial charge in [0.25, 0.3) is 5.91 Å². The van der Waals surface area contributed by atoms with Gasteiger partial charge in [-0.2, -0.15) is 0 Å². The van der Waals surface area contributed by atoms with Crippen LogP contribution in [0.25, 0.3) is 0 Å². The number of nitrogens with one attached hydrogen (secondary N) is 2. The summed E-state index contributed by atoms with van der Waals surface area (Å²) >= 11 is 0. The van der Waals surface area contributed by atoms with Gasteiger partial charge in [0, 0.05) is 30.4 Å². The molecule has 2 atom stereocenters. The first kappa shape index (κ1) is 13.0. The molecular weight excluding hydrogens is 266 g/mol. The molecule has 1 saturated heterocycles. The Bertz CT molecular complexity index is 571. The van der Waals surface area contributed by atoms with Crippen LogP contribution in [-0.2, 0) is 4.79 Å². The van der Waals surface area contributed by atoms with E-state index < -0.39 is 0 Å². The van der Waals surface area contributed by atoms with Crippen molar-refractivity contribution in [3.63, 3.8) is 0 Å². The fraction of sp³-hybridized carbons (Fsp3) is 0.562. The lowest BCUT2D eigenvalue weighted by Crippen LogP contribution is -2.31. The minimum atomic E-state index is -0.0888. The largest absolute Gasteiger partial charge is 0.482 e. The van der Waals surface area contributed by atoms with Gasteiger partial charge in [0.2, 0.25) is 0 Å². The van der Waals surface area contributed by atoms with Crippen molar-refractivity contribution < 1.29 is 9.53 Å². The van der Waals surface area contributed by atoms with Crippen LogP contribution in [0.15, 0.2) is 18.2 Å². The minimum absolute atomic E-state index is 0.0888. The van der Waals surface area contributed by atoms with E-state index in [9.17, 15) is 4.79 Å². The van der Waals surface area contributed by atoms with Crippen molar-refractivity contribution in [2.45, 2.75) is 44.3 Å². The number of rotatable bonds is 3. The summed E-state index contributed by atoms with van der Waals surface area (Å²) in [6.45, 7) is 3.54. The van der Waals surface area contributed by atoms with Gasteiger partial charge in [0.05, 0.1) is 5.69 Å². The van der Waals surface area contributed by atoms with Gasteiger partial charge in [-0.3, -0.25) is 9.69 Å². The molecule has 2 N–H and O–H groups in total. The molecule has 1 amide bonds. The van der Waals surface area contributed by atoms with E-state index in [0.717, 1.165) is 29.7 Å². The molecule has 21 heavy (non-hydrogen) atoms. The Morgan fingerprint density at radius 2 is 2.24 bits per heavy atom. The molecule has 0 spiro atoms. The van der Waals surface area contributed by atoms with Crippen LogP contribution in [0, 0.1) is 0 Å². The Balaban J connectivity index is 1.45. The first-order chi connectivity index (χ1) is 10.2. The van der Waals surface area contributed by atoms with Crippen molar-refractivity contribution >= 4 is 17.3 Å². The summed E-state index contributed by atoms with van der Waals surface area (Å²) < 4.78 is 5.39. The molecule has 1 aromatic rings. The number of carbonyl (C=O) groups is 1. The van der Waals surface area contributed by atoms with Crippen LogP contribution in [0.5, 0.6) is 5.75 Å². The molecule has 2 unspecified atom stereocenters. The molecule has 0 bridgehead atoms. The number of hydrogen-bond acceptors (Lipinski definition) is 4. The van der Waals surface area contributed by atoms with E-state index >= 15 is 0 Å². The fourth-order valence-corrected chi connectivity index (χ4v) is 3.48. The number of anilines is 2. The van der Waals surface area contributed by atoms with Gasteiger partial charge in [-0.05, 0) is 44.4 Å². The Kier molecular flexibility index (Phi) is 3.03. The van der Waals surface area contributed by atoms with Gasteiger partial charge in [0.1, 0.15) is 5.75 Å². The molecule has 1 saturated carbocycles. The van der Waals surface area contributed by atoms with Crippen molar-refractivity contribution in [1.29, 1.82) is 0 Å². The second-order valence-corrected chi connectivity index (χ2v) is 6.40. The van der Waals surface area contributed by atoms with E-state index in [1.54, 1.807) is 0 Å². The van der Waals surface area contributed by atoms with E-state index in [1.165, 1.54) is 19.3 Å². The number of nitrogens with zero attached hydrogens (tertiary/aromatic N) is 1. The smallest absolute Gasteiger partial charge is 0.262 e. The average molecular weight is 287 g/mol. The summed E-state index contributed by atoms with van der Waals surface area (Å²) in [4.78, 5) is 14.0. The second kappa shape index (κ2) is 4.91. The Hall–Kier alpha value is -1.75. The zero-order valence-corrected chi connectivity index (χ0v) is 12.3. The predicted molar refractivity (Wildman–Crippen MR) is 81.8 cm³/mol. The summed E-state index contributed by atoms with van der Waals surface area (Å²) in [7, 11) is 0. The number of fused-ring (bicyclic) bond motifs is 1. The number of benzene rings is 1. The zero-order chi connectivity index (χ0) is 14.4. The highest BCUT2D eigenvalue weighted by molar-refractivity contribution is 5.96. The topological polar surface area (TPSA) is 53.6 Å². The van der Waals surface area contributed by atoms with Gasteiger partial charge in [-0.15, -0.1) is 0 Å². The zero-order valence-electron chi connectivity index (χ0n) is 12.3. The first-order valence-corrected chi connectivity index (χ1v) is 7.78. The quantitative estimate of drug-likeness (QED) is 0.893. The molecule has 5 nitrogen and oxygen atoms in total. The molecule has 0 radical (unpaired) electrons. The lowest BCUT2D eigenvalue weighted by molar-refractivity contribution is -0.118. The standard InChI is InChI=1S/C16H21N3O2/c1-10-6-12(8-19(10)13-3-4-13)17-11-2-5-15-14(7-11)18-16(20)9-21-15/h2,5,7,10,12-13,17H,3-4,6,8-9H2,1H3,(H,18,20). The molecule has 1 aliphatic carbocycles. The van der Waals surface area contributed by atoms with Crippen molar-refractivity contribution in [3.8, 4) is 5.75 Å². The Morgan fingerprint density at radius 3 is 3.05 bits per heavy atom. The summed E-state index contributed by atoms with van der Waals surface area (Å²) in [6, 6.07) is 7.89. The van der Waals surface area contributed by atoms with Gasteiger partial charge >= 0.3 is 0 Å². The number of hydrogen-bond donors (Lipinski definition) is 2. The maximum atomic E-state index is 11.4. The van der Waals surface area contributed by atoms with Crippen molar-refractivity contribution in [2.24, 2.45) is 0 Å². The van der Waals surface area contributed by atoms with Crippen LogP contribution in [0.2, 0.25) is 0 Å². The highest BCUT2D eigenvalue weighted by atomic mass is 16.5. The highest BCUT2D eigenvalue weighted by Gasteiger charge is 2.38. The minimum Gasteiger partial charge on any atom is -0.482 e. The molecule has 0 aromatic heterocycles. The molecule has 112 valence electrons. The fourth-order valence-electron chi connectivity index (χ4n) is 3.48. The first-order valence-electron chi connectivity index (χ1n) is 7.78. The summed E-state index contributed by atoms with van der Waals surface area (Å²) in [5, 5.41) is 6.46. The van der Waals surface area contributed by atoms with E-state index in [2.05, 4.69) is 22.5 Å². The van der Waals surface area contributed by atoms with Gasteiger partial charge in [-0.25, -0.2) is 0 Å². The Morgan fingerprint density at radius 1 is 1.38 bits per heavy atom. The molecule has 2 fully saturated rings. The molecular formula is C16H21N3O2. The average Bonchev–Trinajstić information content (AvgIpc) is 3.23. The predicted octanol–water partition coefficient (Wildman–Crippen LogP) is 2.05. The molecule has 2 heterocycles. The van der Waals surface area contributed by atoms with Crippen molar-refractivity contribution in [2.75, 3.05) is 23.8 Å². The molecule has 3 aliphatic rings. The van der Waals surface area contributed by atoms with E-state index in [1.807, 2.05) is 18.2 Å². The monoisotopic (exact) mass is 287 g/mol. The number of likely N-dealkylation sites (tertiary alicyclic amines) is 1. The highest BCUT2D eigenvalue weighted by Crippen LogP contribution is 2.35. The maximum absolute atomic E-state index is 11.4. The van der Waals surface area contributed by atoms with Crippen LogP contribution >= 0.6 is 0 Å². The van der Waals surface area contributed by atoms with Crippen LogP contribution in [0.4, 0.5) is 11.4 Å². The molecule has 2 aliphatic heterocycles. The maximum Gasteiger partial charge on any atom is 0.262 e. The number of carbonyl (C=O) groups excluding carboxylic acids is 1. The number of ether oxygens (including phenoxy) is 1. The third-order valence-corrected chi connectivity index (χ3v) is 4.62. The van der Waals surface area contributed by atoms with Crippen molar-refractivity contribution in [1.82, 2.24) is 4.90 Å². The third-order valence-electron chi connectivity index (χ3n) is 4.62. The summed E-state index contributed by atoms with van der Waals surface area (Å²) in [6.07, 6.45) is 3.90. The number of amides is 1. The normalized spacial score (nSPS) is 28.7. The Labute approximate surface area is 124 Å². The SMILES string of the molecule is CC1CC(Nc2ccc3c(c2)NC(=O)CO3)CN1C1CC1. The van der Waals surface area contributed by atoms with Crippen LogP contribution in [0.1, 0.15) is 26.2 Å². The van der Waals surface area contributed by atoms with Crippen LogP contribution < -0.4 is 15.4 Å². The second-order valence-electron chi connectivity index (χ2n) is 6.40. The summed E-state index contributed by atoms with van der Waals surface area (Å²) in [5.41, 5.74) is 1.82. The molecule has 5 heteroatoms. The van der Waals surface area contributed by atoms with E-state index in [4.69, 9.17) is 4.74 Å². The van der Waals surface area contributed by atoms with Gasteiger partial charge in [-0.1, -0.05) is 0 Å². The van der Waals surface area contributed by atoms with E-state index in [-0.39, 0.29) is 12.5 Å². The van der Waals surface area contributed by atoms with Gasteiger partial charge in [0.15, 0.2) is 6.61 Å². The molecule has 1 aromatic carbocycles. The molecule has 4 rings (SSSR count). The third kappa shape index (κ3) is 2.58. The van der Waals surface area contributed by atoms with Crippen molar-refractivity contribution in [3.05, 3.63) is 18.2 Å². The summed E-state index contributed by atoms with van der Waals surface area (Å²) in [5.74, 6) is 0.661. The lowest BCUT2D eigenvalue weighted by Gasteiger charge is -2.21.